The van der Waals surface area contributed by atoms with Crippen LogP contribution in [-0.2, 0) is 30.4 Å². The second kappa shape index (κ2) is 12.7. The van der Waals surface area contributed by atoms with Gasteiger partial charge in [-0.1, -0.05) is 32.0 Å². The van der Waals surface area contributed by atoms with E-state index < -0.39 is 60.2 Å². The predicted molar refractivity (Wildman–Crippen MR) is 131 cm³/mol. The number of carboxylic acid groups (broad SMARTS) is 2. The summed E-state index contributed by atoms with van der Waals surface area (Å²) in [5.41, 5.74) is 7.04. The average Bonchev–Trinajstić information content (AvgIpc) is 3.21. The van der Waals surface area contributed by atoms with Crippen LogP contribution in [0.3, 0.4) is 0 Å². The molecule has 8 N–H and O–H groups in total. The second-order valence-electron chi connectivity index (χ2n) is 8.98. The highest BCUT2D eigenvalue weighted by Gasteiger charge is 2.31. The molecule has 3 amide bonds. The van der Waals surface area contributed by atoms with Crippen LogP contribution >= 0.6 is 0 Å². The van der Waals surface area contributed by atoms with E-state index in [2.05, 4.69) is 20.9 Å². The Balaban J connectivity index is 2.20. The summed E-state index contributed by atoms with van der Waals surface area (Å²) in [6.45, 7) is 4.81. The lowest BCUT2D eigenvalue weighted by atomic mass is 10.0. The van der Waals surface area contributed by atoms with E-state index in [-0.39, 0.29) is 18.8 Å². The van der Waals surface area contributed by atoms with Crippen LogP contribution in [0.4, 0.5) is 0 Å². The molecule has 0 spiro atoms. The fourth-order valence-corrected chi connectivity index (χ4v) is 3.61. The molecule has 12 heteroatoms. The van der Waals surface area contributed by atoms with Crippen LogP contribution in [0.5, 0.6) is 0 Å². The second-order valence-corrected chi connectivity index (χ2v) is 8.98. The zero-order chi connectivity index (χ0) is 27.0. The largest absolute Gasteiger partial charge is 0.481 e. The van der Waals surface area contributed by atoms with Crippen LogP contribution in [0.25, 0.3) is 10.9 Å². The van der Waals surface area contributed by atoms with Gasteiger partial charge in [0.1, 0.15) is 18.1 Å². The lowest BCUT2D eigenvalue weighted by molar-refractivity contribution is -0.143. The number of hydrogen-bond donors (Lipinski definition) is 7. The Kier molecular flexibility index (Phi) is 9.97. The van der Waals surface area contributed by atoms with E-state index in [0.717, 1.165) is 10.9 Å². The number of carbonyl (C=O) groups excluding carboxylic acids is 3. The Labute approximate surface area is 208 Å². The van der Waals surface area contributed by atoms with E-state index in [9.17, 15) is 29.1 Å². The Morgan fingerprint density at radius 3 is 2.14 bits per heavy atom. The van der Waals surface area contributed by atoms with E-state index >= 15 is 0 Å². The third-order valence-corrected chi connectivity index (χ3v) is 5.65. The van der Waals surface area contributed by atoms with Crippen molar-refractivity contribution in [1.82, 2.24) is 20.9 Å². The number of fused-ring (bicyclic) bond motifs is 1. The molecule has 1 heterocycles. The van der Waals surface area contributed by atoms with Gasteiger partial charge in [0.2, 0.25) is 17.7 Å². The minimum absolute atomic E-state index is 0.0379. The molecule has 4 atom stereocenters. The fraction of sp³-hybridized carbons (Fsp3) is 0.458. The smallest absolute Gasteiger partial charge is 0.326 e. The number of H-pyrrole nitrogens is 1. The molecule has 0 radical (unpaired) electrons. The van der Waals surface area contributed by atoms with E-state index in [1.807, 2.05) is 18.2 Å². The van der Waals surface area contributed by atoms with Crippen LogP contribution in [0.2, 0.25) is 0 Å². The molecule has 1 aromatic carbocycles. The Hall–Kier alpha value is -3.93. The van der Waals surface area contributed by atoms with Gasteiger partial charge in [-0.15, -0.1) is 0 Å². The molecule has 2 aromatic rings. The van der Waals surface area contributed by atoms with Crippen LogP contribution in [0, 0.1) is 5.92 Å². The van der Waals surface area contributed by atoms with Crippen LogP contribution in [0.1, 0.15) is 39.2 Å². The molecule has 12 nitrogen and oxygen atoms in total. The van der Waals surface area contributed by atoms with Crippen molar-refractivity contribution in [2.45, 2.75) is 64.2 Å². The number of hydrogen-bond acceptors (Lipinski definition) is 6. The Morgan fingerprint density at radius 1 is 0.917 bits per heavy atom. The van der Waals surface area contributed by atoms with Gasteiger partial charge >= 0.3 is 11.9 Å². The minimum Gasteiger partial charge on any atom is -0.481 e. The maximum Gasteiger partial charge on any atom is 0.326 e. The first-order chi connectivity index (χ1) is 16.9. The van der Waals surface area contributed by atoms with Gasteiger partial charge < -0.3 is 36.9 Å². The molecule has 0 aliphatic carbocycles. The highest BCUT2D eigenvalue weighted by atomic mass is 16.4. The number of carboxylic acids is 2. The van der Waals surface area contributed by atoms with Crippen molar-refractivity contribution in [1.29, 1.82) is 0 Å². The van der Waals surface area contributed by atoms with E-state index in [1.165, 1.54) is 6.92 Å². The van der Waals surface area contributed by atoms with Crippen LogP contribution in [-0.4, -0.2) is 69.0 Å². The van der Waals surface area contributed by atoms with Gasteiger partial charge in [0, 0.05) is 29.9 Å². The third-order valence-electron chi connectivity index (χ3n) is 5.65. The van der Waals surface area contributed by atoms with E-state index in [0.29, 0.717) is 5.56 Å². The lowest BCUT2D eigenvalue weighted by Gasteiger charge is -2.26. The van der Waals surface area contributed by atoms with E-state index in [1.54, 1.807) is 26.1 Å². The SMILES string of the molecule is CC(N)C(=O)NC(C(=O)NC(CCC(=O)O)C(=O)NC(Cc1c[nH]c2ccccc12)C(=O)O)C(C)C. The monoisotopic (exact) mass is 503 g/mol. The highest BCUT2D eigenvalue weighted by molar-refractivity contribution is 5.94. The molecule has 36 heavy (non-hydrogen) atoms. The predicted octanol–water partition coefficient (Wildman–Crippen LogP) is 0.117. The molecule has 0 saturated heterocycles. The summed E-state index contributed by atoms with van der Waals surface area (Å²) in [4.78, 5) is 64.1. The highest BCUT2D eigenvalue weighted by Crippen LogP contribution is 2.19. The van der Waals surface area contributed by atoms with Gasteiger partial charge in [-0.05, 0) is 30.9 Å². The molecular formula is C24H33N5O7. The van der Waals surface area contributed by atoms with Crippen molar-refractivity contribution in [3.05, 3.63) is 36.0 Å². The first-order valence-electron chi connectivity index (χ1n) is 11.6. The van der Waals surface area contributed by atoms with Gasteiger partial charge in [-0.2, -0.15) is 0 Å². The van der Waals surface area contributed by atoms with Gasteiger partial charge in [0.15, 0.2) is 0 Å². The van der Waals surface area contributed by atoms with Gasteiger partial charge in [-0.25, -0.2) is 4.79 Å². The zero-order valence-electron chi connectivity index (χ0n) is 20.4. The lowest BCUT2D eigenvalue weighted by Crippen LogP contribution is -2.58. The minimum atomic E-state index is -1.34. The topological polar surface area (TPSA) is 204 Å². The van der Waals surface area contributed by atoms with Crippen molar-refractivity contribution in [3.63, 3.8) is 0 Å². The molecular weight excluding hydrogens is 470 g/mol. The van der Waals surface area contributed by atoms with Crippen LogP contribution in [0.15, 0.2) is 30.5 Å². The number of aliphatic carboxylic acids is 2. The van der Waals surface area contributed by atoms with Crippen LogP contribution < -0.4 is 21.7 Å². The molecule has 0 fully saturated rings. The zero-order valence-corrected chi connectivity index (χ0v) is 20.4. The number of carbonyl (C=O) groups is 5. The number of aromatic nitrogens is 1. The summed E-state index contributed by atoms with van der Waals surface area (Å²) in [6.07, 6.45) is 0.893. The average molecular weight is 504 g/mol. The summed E-state index contributed by atoms with van der Waals surface area (Å²) in [5.74, 6) is -4.99. The first kappa shape index (κ1) is 28.3. The summed E-state index contributed by atoms with van der Waals surface area (Å²) in [6, 6.07) is 2.71. The maximum atomic E-state index is 13.0. The Morgan fingerprint density at radius 2 is 1.56 bits per heavy atom. The quantitative estimate of drug-likeness (QED) is 0.199. The van der Waals surface area contributed by atoms with Gasteiger partial charge in [0.25, 0.3) is 0 Å². The molecule has 196 valence electrons. The number of nitrogens with two attached hydrogens (primary N) is 1. The summed E-state index contributed by atoms with van der Waals surface area (Å²) in [7, 11) is 0. The molecule has 1 aromatic heterocycles. The molecule has 2 rings (SSSR count). The number of nitrogens with one attached hydrogen (secondary N) is 4. The van der Waals surface area contributed by atoms with Crippen molar-refractivity contribution in [2.75, 3.05) is 0 Å². The molecule has 0 aliphatic heterocycles. The number of aromatic amines is 1. The first-order valence-corrected chi connectivity index (χ1v) is 11.6. The molecule has 0 aliphatic rings. The number of rotatable bonds is 13. The van der Waals surface area contributed by atoms with Crippen molar-refractivity contribution in [3.8, 4) is 0 Å². The number of amides is 3. The normalized spacial score (nSPS) is 14.5. The van der Waals surface area contributed by atoms with Crippen molar-refractivity contribution in [2.24, 2.45) is 11.7 Å². The maximum absolute atomic E-state index is 13.0. The summed E-state index contributed by atoms with van der Waals surface area (Å²) >= 11 is 0. The summed E-state index contributed by atoms with van der Waals surface area (Å²) < 4.78 is 0. The van der Waals surface area contributed by atoms with Crippen molar-refractivity contribution < 1.29 is 34.2 Å². The number of benzene rings is 1. The Bertz CT molecular complexity index is 1110. The number of para-hydroxylation sites is 1. The summed E-state index contributed by atoms with van der Waals surface area (Å²) in [5, 5.41) is 27.0. The fourth-order valence-electron chi connectivity index (χ4n) is 3.61. The molecule has 0 saturated carbocycles. The standard InChI is InChI=1S/C24H33N5O7/c1-12(2)20(29-21(32)13(3)25)23(34)27-17(8-9-19(30)31)22(33)28-18(24(35)36)10-14-11-26-16-7-5-4-6-15(14)16/h4-7,11-13,17-18,20,26H,8-10,25H2,1-3H3,(H,27,34)(H,28,33)(H,29,32)(H,30,31)(H,35,36). The van der Waals surface area contributed by atoms with E-state index in [4.69, 9.17) is 10.8 Å². The molecule has 4 unspecified atom stereocenters. The van der Waals surface area contributed by atoms with Gasteiger partial charge in [0.05, 0.1) is 6.04 Å². The molecule has 0 bridgehead atoms. The third kappa shape index (κ3) is 7.80. The van der Waals surface area contributed by atoms with Crippen molar-refractivity contribution >= 4 is 40.6 Å². The van der Waals surface area contributed by atoms with Gasteiger partial charge in [-0.3, -0.25) is 19.2 Å².